The van der Waals surface area contributed by atoms with Crippen molar-refractivity contribution in [2.24, 2.45) is 0 Å². The normalized spacial score (nSPS) is 11.8. The molecule has 0 heterocycles. The third-order valence-electron chi connectivity index (χ3n) is 5.60. The monoisotopic (exact) mass is 419 g/mol. The Kier molecular flexibility index (Phi) is 8.34. The van der Waals surface area contributed by atoms with Crippen LogP contribution in [0.15, 0.2) is 60.7 Å². The molecular weight excluding hydrogens is 386 g/mol. The number of unbranched alkanes of at least 4 members (excludes halogenated alkanes) is 4. The van der Waals surface area contributed by atoms with Crippen LogP contribution < -0.4 is 14.8 Å². The largest absolute Gasteiger partial charge is 0.497 e. The van der Waals surface area contributed by atoms with E-state index < -0.39 is 0 Å². The predicted octanol–water partition coefficient (Wildman–Crippen LogP) is 6.94. The van der Waals surface area contributed by atoms with Gasteiger partial charge in [-0.2, -0.15) is 0 Å². The summed E-state index contributed by atoms with van der Waals surface area (Å²) in [5.74, 6) is 1.38. The number of nitrogens with one attached hydrogen (secondary N) is 1. The molecular formula is C27H33NO3. The number of hydrogen-bond donors (Lipinski definition) is 1. The van der Waals surface area contributed by atoms with Gasteiger partial charge in [-0.15, -0.1) is 0 Å². The maximum atomic E-state index is 12.8. The lowest BCUT2D eigenvalue weighted by molar-refractivity contribution is -0.117. The van der Waals surface area contributed by atoms with Crippen LogP contribution in [0.5, 0.6) is 11.5 Å². The summed E-state index contributed by atoms with van der Waals surface area (Å²) in [6, 6.07) is 19.7. The molecule has 3 aromatic carbocycles. The highest BCUT2D eigenvalue weighted by atomic mass is 16.5. The van der Waals surface area contributed by atoms with Crippen molar-refractivity contribution in [3.05, 3.63) is 66.2 Å². The highest BCUT2D eigenvalue weighted by Crippen LogP contribution is 2.26. The highest BCUT2D eigenvalue weighted by Gasteiger charge is 2.16. The summed E-state index contributed by atoms with van der Waals surface area (Å²) in [5.41, 5.74) is 1.76. The smallest absolute Gasteiger partial charge is 0.231 e. The summed E-state index contributed by atoms with van der Waals surface area (Å²) < 4.78 is 11.1. The van der Waals surface area contributed by atoms with Crippen molar-refractivity contribution in [3.8, 4) is 11.5 Å². The number of fused-ring (bicyclic) bond motifs is 1. The van der Waals surface area contributed by atoms with E-state index in [9.17, 15) is 4.79 Å². The molecule has 0 spiro atoms. The van der Waals surface area contributed by atoms with Crippen molar-refractivity contribution in [2.75, 3.05) is 19.0 Å². The lowest BCUT2D eigenvalue weighted by Crippen LogP contribution is -2.18. The lowest BCUT2D eigenvalue weighted by Gasteiger charge is -2.14. The Bertz CT molecular complexity index is 981. The van der Waals surface area contributed by atoms with Crippen LogP contribution >= 0.6 is 0 Å². The first-order valence-electron chi connectivity index (χ1n) is 11.2. The Balaban J connectivity index is 1.54. The first-order valence-corrected chi connectivity index (χ1v) is 11.2. The van der Waals surface area contributed by atoms with Crippen molar-refractivity contribution >= 4 is 22.4 Å². The number of methoxy groups -OCH3 is 1. The molecule has 0 aliphatic heterocycles. The van der Waals surface area contributed by atoms with Crippen LogP contribution in [0.2, 0.25) is 0 Å². The van der Waals surface area contributed by atoms with Gasteiger partial charge in [0.05, 0.1) is 19.6 Å². The van der Waals surface area contributed by atoms with Gasteiger partial charge >= 0.3 is 0 Å². The summed E-state index contributed by atoms with van der Waals surface area (Å²) in [7, 11) is 1.66. The van der Waals surface area contributed by atoms with Crippen molar-refractivity contribution in [1.29, 1.82) is 0 Å². The van der Waals surface area contributed by atoms with Crippen LogP contribution in [0, 0.1) is 0 Å². The van der Waals surface area contributed by atoms with E-state index in [0.29, 0.717) is 0 Å². The molecule has 1 atom stereocenters. The minimum Gasteiger partial charge on any atom is -0.497 e. The van der Waals surface area contributed by atoms with Gasteiger partial charge in [-0.25, -0.2) is 0 Å². The average Bonchev–Trinajstić information content (AvgIpc) is 2.81. The van der Waals surface area contributed by atoms with Gasteiger partial charge in [-0.1, -0.05) is 56.9 Å². The van der Waals surface area contributed by atoms with E-state index >= 15 is 0 Å². The summed E-state index contributed by atoms with van der Waals surface area (Å²) in [6.07, 6.45) is 6.11. The maximum Gasteiger partial charge on any atom is 0.231 e. The Labute approximate surface area is 185 Å². The van der Waals surface area contributed by atoms with E-state index in [1.54, 1.807) is 7.11 Å². The van der Waals surface area contributed by atoms with Crippen LogP contribution in [0.3, 0.4) is 0 Å². The zero-order valence-electron chi connectivity index (χ0n) is 18.8. The number of anilines is 1. The molecule has 0 aliphatic carbocycles. The molecule has 3 rings (SSSR count). The van der Waals surface area contributed by atoms with Crippen LogP contribution in [-0.2, 0) is 4.79 Å². The Hall–Kier alpha value is -3.01. The molecule has 3 aromatic rings. The van der Waals surface area contributed by atoms with Gasteiger partial charge in [0.15, 0.2) is 0 Å². The van der Waals surface area contributed by atoms with Crippen LogP contribution in [0.4, 0.5) is 5.69 Å². The topological polar surface area (TPSA) is 47.6 Å². The van der Waals surface area contributed by atoms with Gasteiger partial charge < -0.3 is 14.8 Å². The third kappa shape index (κ3) is 6.48. The Morgan fingerprint density at radius 1 is 0.871 bits per heavy atom. The molecule has 164 valence electrons. The van der Waals surface area contributed by atoms with E-state index in [2.05, 4.69) is 18.3 Å². The molecule has 0 unspecified atom stereocenters. The Morgan fingerprint density at radius 2 is 1.55 bits per heavy atom. The number of hydrogen-bond acceptors (Lipinski definition) is 3. The SMILES string of the molecule is CCCCCCCOc1ccc(NC(=O)[C@@H](C)c2ccc3cc(OC)ccc3c2)cc1. The van der Waals surface area contributed by atoms with Crippen molar-refractivity contribution < 1.29 is 14.3 Å². The zero-order chi connectivity index (χ0) is 22.1. The molecule has 0 aromatic heterocycles. The van der Waals surface area contributed by atoms with Gasteiger partial charge in [-0.3, -0.25) is 4.79 Å². The van der Waals surface area contributed by atoms with Crippen molar-refractivity contribution in [1.82, 2.24) is 0 Å². The second kappa shape index (κ2) is 11.4. The van der Waals surface area contributed by atoms with E-state index in [0.717, 1.165) is 46.6 Å². The van der Waals surface area contributed by atoms with Crippen LogP contribution in [0.25, 0.3) is 10.8 Å². The summed E-state index contributed by atoms with van der Waals surface area (Å²) in [6.45, 7) is 4.88. The van der Waals surface area contributed by atoms with E-state index in [4.69, 9.17) is 9.47 Å². The fourth-order valence-electron chi connectivity index (χ4n) is 3.57. The molecule has 0 aliphatic rings. The molecule has 0 radical (unpaired) electrons. The van der Waals surface area contributed by atoms with Gasteiger partial charge in [0, 0.05) is 5.69 Å². The molecule has 31 heavy (non-hydrogen) atoms. The van der Waals surface area contributed by atoms with E-state index in [1.165, 1.54) is 25.7 Å². The fraction of sp³-hybridized carbons (Fsp3) is 0.370. The van der Waals surface area contributed by atoms with Gasteiger partial charge in [0.1, 0.15) is 11.5 Å². The maximum absolute atomic E-state index is 12.8. The third-order valence-corrected chi connectivity index (χ3v) is 5.60. The molecule has 0 bridgehead atoms. The minimum absolute atomic E-state index is 0.0301. The van der Waals surface area contributed by atoms with Crippen LogP contribution in [0.1, 0.15) is 57.4 Å². The molecule has 0 saturated heterocycles. The van der Waals surface area contributed by atoms with Crippen molar-refractivity contribution in [2.45, 2.75) is 51.9 Å². The number of benzene rings is 3. The molecule has 0 saturated carbocycles. The van der Waals surface area contributed by atoms with Gasteiger partial charge in [-0.05, 0) is 66.1 Å². The van der Waals surface area contributed by atoms with E-state index in [1.807, 2.05) is 61.5 Å². The standard InChI is InChI=1S/C27H33NO3/c1-4-5-6-7-8-17-31-25-15-12-24(13-16-25)28-27(29)20(2)21-9-10-23-19-26(30-3)14-11-22(23)18-21/h9-16,18-20H,4-8,17H2,1-3H3,(H,28,29)/t20-/m0/s1. The molecule has 4 nitrogen and oxygen atoms in total. The van der Waals surface area contributed by atoms with Gasteiger partial charge in [0.2, 0.25) is 5.91 Å². The number of rotatable bonds is 11. The fourth-order valence-corrected chi connectivity index (χ4v) is 3.57. The summed E-state index contributed by atoms with van der Waals surface area (Å²) in [5, 5.41) is 5.20. The highest BCUT2D eigenvalue weighted by molar-refractivity contribution is 5.96. The molecule has 4 heteroatoms. The lowest BCUT2D eigenvalue weighted by atomic mass is 9.97. The Morgan fingerprint density at radius 3 is 2.29 bits per heavy atom. The molecule has 1 amide bonds. The summed E-state index contributed by atoms with van der Waals surface area (Å²) in [4.78, 5) is 12.8. The second-order valence-corrected chi connectivity index (χ2v) is 7.97. The minimum atomic E-state index is -0.259. The number of carbonyl (C=O) groups excluding carboxylic acids is 1. The zero-order valence-corrected chi connectivity index (χ0v) is 18.8. The summed E-state index contributed by atoms with van der Waals surface area (Å²) >= 11 is 0. The van der Waals surface area contributed by atoms with Gasteiger partial charge in [0.25, 0.3) is 0 Å². The first-order chi connectivity index (χ1) is 15.1. The quantitative estimate of drug-likeness (QED) is 0.342. The van der Waals surface area contributed by atoms with E-state index in [-0.39, 0.29) is 11.8 Å². The average molecular weight is 420 g/mol. The predicted molar refractivity (Wildman–Crippen MR) is 128 cm³/mol. The number of ether oxygens (including phenoxy) is 2. The number of amides is 1. The molecule has 1 N–H and O–H groups in total. The first kappa shape index (κ1) is 22.7. The number of carbonyl (C=O) groups is 1. The second-order valence-electron chi connectivity index (χ2n) is 7.97. The van der Waals surface area contributed by atoms with Crippen LogP contribution in [-0.4, -0.2) is 19.6 Å². The van der Waals surface area contributed by atoms with Crippen molar-refractivity contribution in [3.63, 3.8) is 0 Å². The molecule has 0 fully saturated rings.